The monoisotopic (exact) mass is 249 g/mol. The van der Waals surface area contributed by atoms with Crippen LogP contribution in [0.3, 0.4) is 0 Å². The van der Waals surface area contributed by atoms with Gasteiger partial charge in [0, 0.05) is 19.2 Å². The van der Waals surface area contributed by atoms with E-state index in [1.165, 1.54) is 5.56 Å². The van der Waals surface area contributed by atoms with Crippen molar-refractivity contribution in [2.45, 2.75) is 26.2 Å². The number of hydrogen-bond donors (Lipinski definition) is 1. The van der Waals surface area contributed by atoms with Crippen LogP contribution in [0.5, 0.6) is 0 Å². The first kappa shape index (κ1) is 14.9. The van der Waals surface area contributed by atoms with Crippen molar-refractivity contribution in [2.75, 3.05) is 26.8 Å². The predicted octanol–water partition coefficient (Wildman–Crippen LogP) is 2.40. The Bertz CT molecular complexity index is 376. The Kier molecular flexibility index (Phi) is 5.51. The first-order valence-electron chi connectivity index (χ1n) is 6.28. The number of nitrogens with one attached hydrogen (secondary N) is 1. The molecule has 0 amide bonds. The fraction of sp³-hybridized carbons (Fsp3) is 0.533. The lowest BCUT2D eigenvalue weighted by Crippen LogP contribution is -2.26. The summed E-state index contributed by atoms with van der Waals surface area (Å²) < 4.78 is 4.91. The van der Waals surface area contributed by atoms with Gasteiger partial charge in [0.2, 0.25) is 0 Å². The molecule has 1 N–H and O–H groups in total. The Morgan fingerprint density at radius 2 is 1.83 bits per heavy atom. The van der Waals surface area contributed by atoms with Crippen molar-refractivity contribution < 1.29 is 9.53 Å². The Hall–Kier alpha value is -1.19. The molecule has 0 fully saturated rings. The van der Waals surface area contributed by atoms with E-state index in [0.29, 0.717) is 19.7 Å². The second kappa shape index (κ2) is 6.66. The summed E-state index contributed by atoms with van der Waals surface area (Å²) in [5.41, 5.74) is 2.12. The van der Waals surface area contributed by atoms with Crippen LogP contribution in [0.1, 0.15) is 36.7 Å². The number of carbonyl (C=O) groups excluding carboxylic acids is 1. The maximum absolute atomic E-state index is 11.9. The Morgan fingerprint density at radius 1 is 1.22 bits per heavy atom. The number of rotatable bonds is 6. The molecular formula is C15H23NO2. The van der Waals surface area contributed by atoms with Gasteiger partial charge >= 0.3 is 0 Å². The number of ether oxygens (including phenoxy) is 1. The van der Waals surface area contributed by atoms with E-state index in [2.05, 4.69) is 26.1 Å². The number of hydrogen-bond acceptors (Lipinski definition) is 3. The van der Waals surface area contributed by atoms with E-state index in [9.17, 15) is 4.79 Å². The van der Waals surface area contributed by atoms with Crippen LogP contribution < -0.4 is 5.32 Å². The zero-order valence-electron chi connectivity index (χ0n) is 11.7. The van der Waals surface area contributed by atoms with Crippen LogP contribution in [-0.2, 0) is 10.2 Å². The summed E-state index contributed by atoms with van der Waals surface area (Å²) in [5.74, 6) is 0.117. The molecule has 0 aliphatic heterocycles. The largest absolute Gasteiger partial charge is 0.383 e. The molecule has 3 heteroatoms. The van der Waals surface area contributed by atoms with Crippen LogP contribution in [0.2, 0.25) is 0 Å². The molecule has 0 heterocycles. The second-order valence-electron chi connectivity index (χ2n) is 5.42. The molecule has 0 saturated carbocycles. The first-order valence-corrected chi connectivity index (χ1v) is 6.28. The molecular weight excluding hydrogens is 226 g/mol. The highest BCUT2D eigenvalue weighted by Gasteiger charge is 2.14. The normalized spacial score (nSPS) is 11.6. The van der Waals surface area contributed by atoms with Gasteiger partial charge in [-0.2, -0.15) is 0 Å². The molecule has 0 radical (unpaired) electrons. The van der Waals surface area contributed by atoms with Crippen molar-refractivity contribution in [2.24, 2.45) is 0 Å². The van der Waals surface area contributed by atoms with Crippen LogP contribution in [0, 0.1) is 0 Å². The van der Waals surface area contributed by atoms with E-state index in [0.717, 1.165) is 5.56 Å². The van der Waals surface area contributed by atoms with E-state index >= 15 is 0 Å². The maximum atomic E-state index is 11.9. The maximum Gasteiger partial charge on any atom is 0.176 e. The van der Waals surface area contributed by atoms with Crippen molar-refractivity contribution in [1.29, 1.82) is 0 Å². The lowest BCUT2D eigenvalue weighted by molar-refractivity contribution is 0.0987. The molecule has 3 nitrogen and oxygen atoms in total. The van der Waals surface area contributed by atoms with Gasteiger partial charge in [0.1, 0.15) is 0 Å². The highest BCUT2D eigenvalue weighted by atomic mass is 16.5. The summed E-state index contributed by atoms with van der Waals surface area (Å²) in [4.78, 5) is 11.9. The SMILES string of the molecule is COCCNCC(=O)c1ccc(C(C)(C)C)cc1. The average Bonchev–Trinajstić information content (AvgIpc) is 2.33. The molecule has 0 aliphatic rings. The molecule has 1 rings (SSSR count). The van der Waals surface area contributed by atoms with Gasteiger partial charge in [-0.25, -0.2) is 0 Å². The summed E-state index contributed by atoms with van der Waals surface area (Å²) in [6, 6.07) is 7.87. The number of Topliss-reactive ketones (excluding diaryl/α,β-unsaturated/α-hetero) is 1. The quantitative estimate of drug-likeness (QED) is 0.621. The molecule has 0 aliphatic carbocycles. The van der Waals surface area contributed by atoms with Crippen molar-refractivity contribution >= 4 is 5.78 Å². The van der Waals surface area contributed by atoms with Gasteiger partial charge in [-0.3, -0.25) is 4.79 Å². The number of ketones is 1. The molecule has 100 valence electrons. The van der Waals surface area contributed by atoms with Crippen molar-refractivity contribution in [3.05, 3.63) is 35.4 Å². The minimum absolute atomic E-state index is 0.117. The van der Waals surface area contributed by atoms with Crippen molar-refractivity contribution in [3.63, 3.8) is 0 Å². The van der Waals surface area contributed by atoms with Crippen LogP contribution in [-0.4, -0.2) is 32.6 Å². The van der Waals surface area contributed by atoms with E-state index in [1.807, 2.05) is 24.3 Å². The van der Waals surface area contributed by atoms with E-state index in [4.69, 9.17) is 4.74 Å². The lowest BCUT2D eigenvalue weighted by Gasteiger charge is -2.19. The standard InChI is InChI=1S/C15H23NO2/c1-15(2,3)13-7-5-12(6-8-13)14(17)11-16-9-10-18-4/h5-8,16H,9-11H2,1-4H3. The van der Waals surface area contributed by atoms with Gasteiger partial charge in [-0.15, -0.1) is 0 Å². The molecule has 18 heavy (non-hydrogen) atoms. The first-order chi connectivity index (χ1) is 8.45. The van der Waals surface area contributed by atoms with Gasteiger partial charge in [-0.05, 0) is 11.0 Å². The van der Waals surface area contributed by atoms with Gasteiger partial charge < -0.3 is 10.1 Å². The van der Waals surface area contributed by atoms with Crippen LogP contribution in [0.4, 0.5) is 0 Å². The summed E-state index contributed by atoms with van der Waals surface area (Å²) in [5, 5.41) is 3.05. The number of methoxy groups -OCH3 is 1. The van der Waals surface area contributed by atoms with E-state index in [1.54, 1.807) is 7.11 Å². The molecule has 0 bridgehead atoms. The zero-order chi connectivity index (χ0) is 13.6. The molecule has 1 aromatic carbocycles. The highest BCUT2D eigenvalue weighted by Crippen LogP contribution is 2.22. The molecule has 1 aromatic rings. The third-order valence-corrected chi connectivity index (χ3v) is 2.84. The van der Waals surface area contributed by atoms with Gasteiger partial charge in [0.15, 0.2) is 5.78 Å². The van der Waals surface area contributed by atoms with E-state index in [-0.39, 0.29) is 11.2 Å². The molecule has 0 atom stereocenters. The van der Waals surface area contributed by atoms with Gasteiger partial charge in [0.25, 0.3) is 0 Å². The van der Waals surface area contributed by atoms with Crippen LogP contribution >= 0.6 is 0 Å². The van der Waals surface area contributed by atoms with Crippen molar-refractivity contribution in [1.82, 2.24) is 5.32 Å². The Balaban J connectivity index is 2.54. The average molecular weight is 249 g/mol. The van der Waals surface area contributed by atoms with Gasteiger partial charge in [0.05, 0.1) is 13.2 Å². The third-order valence-electron chi connectivity index (χ3n) is 2.84. The minimum atomic E-state index is 0.117. The predicted molar refractivity (Wildman–Crippen MR) is 74.2 cm³/mol. The topological polar surface area (TPSA) is 38.3 Å². The van der Waals surface area contributed by atoms with Crippen molar-refractivity contribution in [3.8, 4) is 0 Å². The summed E-state index contributed by atoms with van der Waals surface area (Å²) >= 11 is 0. The summed E-state index contributed by atoms with van der Waals surface area (Å²) in [6.45, 7) is 8.17. The van der Waals surface area contributed by atoms with Crippen LogP contribution in [0.15, 0.2) is 24.3 Å². The fourth-order valence-corrected chi connectivity index (χ4v) is 1.63. The molecule has 0 saturated heterocycles. The van der Waals surface area contributed by atoms with Crippen LogP contribution in [0.25, 0.3) is 0 Å². The Morgan fingerprint density at radius 3 is 2.33 bits per heavy atom. The lowest BCUT2D eigenvalue weighted by atomic mass is 9.86. The fourth-order valence-electron chi connectivity index (χ4n) is 1.63. The summed E-state index contributed by atoms with van der Waals surface area (Å²) in [7, 11) is 1.65. The summed E-state index contributed by atoms with van der Waals surface area (Å²) in [6.07, 6.45) is 0. The smallest absolute Gasteiger partial charge is 0.176 e. The molecule has 0 aromatic heterocycles. The number of benzene rings is 1. The Labute approximate surface area is 110 Å². The second-order valence-corrected chi connectivity index (χ2v) is 5.42. The zero-order valence-corrected chi connectivity index (χ0v) is 11.7. The molecule has 0 unspecified atom stereocenters. The molecule has 0 spiro atoms. The number of carbonyl (C=O) groups is 1. The third kappa shape index (κ3) is 4.59. The minimum Gasteiger partial charge on any atom is -0.383 e. The highest BCUT2D eigenvalue weighted by molar-refractivity contribution is 5.97. The van der Waals surface area contributed by atoms with Gasteiger partial charge in [-0.1, -0.05) is 45.0 Å². The van der Waals surface area contributed by atoms with E-state index < -0.39 is 0 Å².